The molecule has 6 aliphatic heterocycles. The Hall–Kier alpha value is -10.4. The summed E-state index contributed by atoms with van der Waals surface area (Å²) in [6, 6.07) is 80.1. The van der Waals surface area contributed by atoms with Gasteiger partial charge in [0.05, 0.1) is 17.1 Å². The summed E-state index contributed by atoms with van der Waals surface area (Å²) in [4.78, 5) is 13.1. The molecule has 18 rings (SSSR count). The third kappa shape index (κ3) is 7.92. The number of hydrogen-bond donors (Lipinski definition) is 1. The summed E-state index contributed by atoms with van der Waals surface area (Å²) in [7, 11) is 0. The molecule has 12 aromatic rings. The molecule has 0 aliphatic carbocycles. The Balaban J connectivity index is 0.984. The van der Waals surface area contributed by atoms with E-state index in [0.29, 0.717) is 0 Å². The van der Waals surface area contributed by atoms with Crippen LogP contribution < -0.4 is 79.0 Å². The molecule has 0 saturated carbocycles. The van der Waals surface area contributed by atoms with Crippen LogP contribution in [0.4, 0.5) is 96.7 Å². The lowest BCUT2D eigenvalue weighted by Crippen LogP contribution is -2.66. The monoisotopic (exact) mass is 1200 g/mol. The van der Waals surface area contributed by atoms with Gasteiger partial charge >= 0.3 is 0 Å². The van der Waals surface area contributed by atoms with Crippen LogP contribution in [0.2, 0.25) is 0 Å². The summed E-state index contributed by atoms with van der Waals surface area (Å²) in [5, 5.41) is 4.21. The first kappa shape index (κ1) is 55.5. The van der Waals surface area contributed by atoms with E-state index < -0.39 is 0 Å². The fourth-order valence-electron chi connectivity index (χ4n) is 18.2. The van der Waals surface area contributed by atoms with Crippen molar-refractivity contribution in [3.05, 3.63) is 273 Å². The molecule has 93 heavy (non-hydrogen) atoms. The van der Waals surface area contributed by atoms with Gasteiger partial charge in [-0.1, -0.05) is 138 Å². The lowest BCUT2D eigenvalue weighted by Gasteiger charge is -2.48. The maximum absolute atomic E-state index is 4.21. The van der Waals surface area contributed by atoms with Gasteiger partial charge in [-0.2, -0.15) is 0 Å². The molecule has 0 amide bonds. The van der Waals surface area contributed by atoms with Gasteiger partial charge in [-0.3, -0.25) is 0 Å². The molecule has 6 heterocycles. The lowest BCUT2D eigenvalue weighted by atomic mass is 9.29. The van der Waals surface area contributed by atoms with Gasteiger partial charge in [0.15, 0.2) is 0 Å². The molecule has 1 N–H and O–H groups in total. The van der Waals surface area contributed by atoms with E-state index in [9.17, 15) is 0 Å². The molecule has 6 nitrogen and oxygen atoms in total. The maximum atomic E-state index is 4.21. The molecular formula is C84H71B3N6. The lowest BCUT2D eigenvalue weighted by molar-refractivity contribution is 1.17. The van der Waals surface area contributed by atoms with Crippen molar-refractivity contribution in [1.29, 1.82) is 0 Å². The standard InChI is InChI=1S/C84H71B3N6/c1-47-31-53(7)82(54(8)32-47)91-71-45-67-63(85-61-27-19-21-29-69(61)89(59-23-15-13-16-24-59)74-38-50(4)37-68(88-67)79(74)85)43-64(71)87-66-44-65-72(46-73(66)93(78-42-52(6)41-77(91)81(78)87)84-57(11)35-49(3)36-58(84)12)92(83-55(9)33-48(2)34-56(83)10)76-40-51(5)39-75-80(76)86(65)62-28-20-22-30-70(62)90(75)60-25-17-14-18-26-60/h13-46,88H,1-12H3. The van der Waals surface area contributed by atoms with Crippen molar-refractivity contribution < 1.29 is 0 Å². The van der Waals surface area contributed by atoms with Crippen LogP contribution in [0.25, 0.3) is 0 Å². The normalized spacial score (nSPS) is 13.9. The van der Waals surface area contributed by atoms with Gasteiger partial charge in [-0.15, -0.1) is 0 Å². The Kier molecular flexibility index (Phi) is 12.0. The van der Waals surface area contributed by atoms with E-state index in [1.54, 1.807) is 0 Å². The van der Waals surface area contributed by atoms with Crippen LogP contribution in [0.5, 0.6) is 0 Å². The summed E-state index contributed by atoms with van der Waals surface area (Å²) in [5.41, 5.74) is 47.2. The molecule has 0 fully saturated rings. The quantitative estimate of drug-likeness (QED) is 0.173. The number of nitrogens with zero attached hydrogens (tertiary/aromatic N) is 5. The fourth-order valence-corrected chi connectivity index (χ4v) is 18.2. The number of para-hydroxylation sites is 4. The number of rotatable bonds is 5. The van der Waals surface area contributed by atoms with Gasteiger partial charge < -0.3 is 29.8 Å². The molecule has 12 aromatic carbocycles. The Morgan fingerprint density at radius 1 is 0.226 bits per heavy atom. The van der Waals surface area contributed by atoms with Crippen LogP contribution in [-0.2, 0) is 0 Å². The molecule has 0 saturated heterocycles. The number of anilines is 17. The van der Waals surface area contributed by atoms with Crippen molar-refractivity contribution in [2.45, 2.75) is 83.1 Å². The predicted octanol–water partition coefficient (Wildman–Crippen LogP) is 15.9. The molecule has 9 heteroatoms. The van der Waals surface area contributed by atoms with Crippen LogP contribution >= 0.6 is 0 Å². The van der Waals surface area contributed by atoms with Gasteiger partial charge in [-0.05, 0) is 267 Å². The number of nitrogens with one attached hydrogen (secondary N) is 1. The molecule has 0 spiro atoms. The van der Waals surface area contributed by atoms with Crippen LogP contribution in [-0.4, -0.2) is 20.1 Å². The van der Waals surface area contributed by atoms with Crippen LogP contribution in [0.1, 0.15) is 66.8 Å². The first-order chi connectivity index (χ1) is 45.1. The zero-order valence-corrected chi connectivity index (χ0v) is 55.1. The second-order valence-electron chi connectivity index (χ2n) is 27.8. The molecule has 0 radical (unpaired) electrons. The number of aryl methyl sites for hydroxylation is 12. The van der Waals surface area contributed by atoms with E-state index in [4.69, 9.17) is 0 Å². The van der Waals surface area contributed by atoms with Gasteiger partial charge in [0.1, 0.15) is 0 Å². The van der Waals surface area contributed by atoms with E-state index in [0.717, 1.165) is 22.7 Å². The highest BCUT2D eigenvalue weighted by molar-refractivity contribution is 7.04. The topological polar surface area (TPSA) is 28.2 Å². The Morgan fingerprint density at radius 3 is 0.957 bits per heavy atom. The minimum absolute atomic E-state index is 0.0522. The highest BCUT2D eigenvalue weighted by atomic mass is 15.2. The minimum Gasteiger partial charge on any atom is -0.356 e. The molecule has 446 valence electrons. The first-order valence-corrected chi connectivity index (χ1v) is 33.2. The van der Waals surface area contributed by atoms with E-state index >= 15 is 0 Å². The zero-order valence-electron chi connectivity index (χ0n) is 55.1. The minimum atomic E-state index is -0.186. The van der Waals surface area contributed by atoms with E-state index in [1.165, 1.54) is 190 Å². The van der Waals surface area contributed by atoms with Crippen LogP contribution in [0, 0.1) is 83.1 Å². The predicted molar refractivity (Wildman–Crippen MR) is 400 cm³/mol. The average molecular weight is 1200 g/mol. The number of fused-ring (bicyclic) bond motifs is 12. The molecule has 6 aliphatic rings. The van der Waals surface area contributed by atoms with E-state index in [-0.39, 0.29) is 20.1 Å². The SMILES string of the molecule is Cc1cc(C)c(N2c3cc4c(cc3B3c5ccccc5N(c5ccccc5)c5cc(C)cc2c53)B2c3cc5c(cc3N(c3c(C)cc(C)cc3C)c3cc(C)cc(c32)N4c2c(C)cc(C)cc2C)Nc2cc(C)cc3c2B5c2ccccc2N3c2ccccc2)c(C)c1. The van der Waals surface area contributed by atoms with Gasteiger partial charge in [0.2, 0.25) is 0 Å². The van der Waals surface area contributed by atoms with Crippen molar-refractivity contribution in [3.8, 4) is 0 Å². The maximum Gasteiger partial charge on any atom is 0.252 e. The molecular weight excluding hydrogens is 1130 g/mol. The molecule has 0 atom stereocenters. The number of hydrogen-bond acceptors (Lipinski definition) is 6. The summed E-state index contributed by atoms with van der Waals surface area (Å²) in [5.74, 6) is 0. The van der Waals surface area contributed by atoms with Gasteiger partial charge in [0.25, 0.3) is 20.1 Å². The Labute approximate surface area is 548 Å². The summed E-state index contributed by atoms with van der Waals surface area (Å²) >= 11 is 0. The third-order valence-corrected chi connectivity index (χ3v) is 21.1. The molecule has 0 bridgehead atoms. The second kappa shape index (κ2) is 20.1. The smallest absolute Gasteiger partial charge is 0.252 e. The van der Waals surface area contributed by atoms with Crippen molar-refractivity contribution >= 4 is 166 Å². The average Bonchev–Trinajstić information content (AvgIpc) is 0.688. The molecule has 0 unspecified atom stereocenters. The fraction of sp³-hybridized carbons (Fsp3) is 0.143. The van der Waals surface area contributed by atoms with Crippen LogP contribution in [0.3, 0.4) is 0 Å². The van der Waals surface area contributed by atoms with Crippen molar-refractivity contribution in [2.75, 3.05) is 29.8 Å². The first-order valence-electron chi connectivity index (χ1n) is 33.2. The number of benzene rings is 12. The Morgan fingerprint density at radius 2 is 0.538 bits per heavy atom. The van der Waals surface area contributed by atoms with E-state index in [2.05, 4.69) is 319 Å². The highest BCUT2D eigenvalue weighted by Crippen LogP contribution is 2.52. The van der Waals surface area contributed by atoms with Crippen molar-refractivity contribution in [3.63, 3.8) is 0 Å². The van der Waals surface area contributed by atoms with Crippen LogP contribution in [0.15, 0.2) is 206 Å². The van der Waals surface area contributed by atoms with Crippen molar-refractivity contribution in [2.24, 2.45) is 0 Å². The highest BCUT2D eigenvalue weighted by Gasteiger charge is 2.51. The largest absolute Gasteiger partial charge is 0.356 e. The van der Waals surface area contributed by atoms with Gasteiger partial charge in [0, 0.05) is 79.6 Å². The Bertz CT molecular complexity index is 5220. The summed E-state index contributed by atoms with van der Waals surface area (Å²) in [6.45, 7) is 27.2. The second-order valence-corrected chi connectivity index (χ2v) is 27.8. The molecule has 0 aromatic heterocycles. The van der Waals surface area contributed by atoms with Gasteiger partial charge in [-0.25, -0.2) is 0 Å². The van der Waals surface area contributed by atoms with E-state index in [1.807, 2.05) is 0 Å². The summed E-state index contributed by atoms with van der Waals surface area (Å²) < 4.78 is 0. The summed E-state index contributed by atoms with van der Waals surface area (Å²) in [6.07, 6.45) is 0. The third-order valence-electron chi connectivity index (χ3n) is 21.1. The zero-order chi connectivity index (χ0) is 63.3. The van der Waals surface area contributed by atoms with Crippen molar-refractivity contribution in [1.82, 2.24) is 0 Å².